The summed E-state index contributed by atoms with van der Waals surface area (Å²) in [5, 5.41) is 8.11. The molecule has 1 aliphatic carbocycles. The lowest BCUT2D eigenvalue weighted by Crippen LogP contribution is -2.43. The van der Waals surface area contributed by atoms with Crippen molar-refractivity contribution >= 4 is 40.1 Å². The second kappa shape index (κ2) is 10.3. The normalized spacial score (nSPS) is 17.1. The smallest absolute Gasteiger partial charge is 0.410 e. The molecule has 8 nitrogen and oxygen atoms in total. The number of carbonyl (C=O) groups excluding carboxylic acids is 3. The van der Waals surface area contributed by atoms with Gasteiger partial charge in [-0.2, -0.15) is 0 Å². The summed E-state index contributed by atoms with van der Waals surface area (Å²) in [6.45, 7) is 0.655. The van der Waals surface area contributed by atoms with Crippen molar-refractivity contribution in [3.8, 4) is 11.3 Å². The molecular formula is C26H26N4O4S. The van der Waals surface area contributed by atoms with Gasteiger partial charge >= 0.3 is 6.09 Å². The van der Waals surface area contributed by atoms with Crippen LogP contribution < -0.4 is 10.6 Å². The lowest BCUT2D eigenvalue weighted by Gasteiger charge is -2.22. The van der Waals surface area contributed by atoms with Crippen LogP contribution in [0.25, 0.3) is 11.3 Å². The zero-order valence-corrected chi connectivity index (χ0v) is 19.9. The van der Waals surface area contributed by atoms with Gasteiger partial charge in [0.1, 0.15) is 12.6 Å². The van der Waals surface area contributed by atoms with Gasteiger partial charge in [0.15, 0.2) is 5.13 Å². The number of thiazole rings is 1. The number of carbonyl (C=O) groups is 3. The zero-order chi connectivity index (χ0) is 24.2. The van der Waals surface area contributed by atoms with Crippen LogP contribution in [0, 0.1) is 5.92 Å². The molecule has 3 aromatic rings. The van der Waals surface area contributed by atoms with Gasteiger partial charge in [0.2, 0.25) is 11.8 Å². The van der Waals surface area contributed by atoms with Gasteiger partial charge in [0.05, 0.1) is 5.69 Å². The van der Waals surface area contributed by atoms with E-state index in [1.807, 2.05) is 60.0 Å². The van der Waals surface area contributed by atoms with Crippen molar-refractivity contribution in [2.45, 2.75) is 38.3 Å². The Morgan fingerprint density at radius 2 is 1.74 bits per heavy atom. The van der Waals surface area contributed by atoms with Crippen LogP contribution in [0.3, 0.4) is 0 Å². The summed E-state index contributed by atoms with van der Waals surface area (Å²) in [5.74, 6) is -0.0413. The van der Waals surface area contributed by atoms with E-state index in [-0.39, 0.29) is 24.3 Å². The van der Waals surface area contributed by atoms with Crippen molar-refractivity contribution < 1.29 is 19.1 Å². The third-order valence-electron chi connectivity index (χ3n) is 6.13. The molecule has 0 spiro atoms. The van der Waals surface area contributed by atoms with Crippen LogP contribution >= 0.6 is 11.3 Å². The standard InChI is InChI=1S/C26H26N4O4S/c31-23(19-8-9-19)27-20-12-10-18(11-13-20)21-16-35-25(28-21)29-24(32)22-7-4-14-30(22)26(33)34-15-17-5-2-1-3-6-17/h1-3,5-6,10-13,16,19,22H,4,7-9,14-15H2,(H,27,31)(H,28,29,32)/t22-/m1/s1. The van der Waals surface area contributed by atoms with E-state index >= 15 is 0 Å². The molecule has 0 unspecified atom stereocenters. The molecule has 5 rings (SSSR count). The van der Waals surface area contributed by atoms with Crippen LogP contribution in [0.2, 0.25) is 0 Å². The van der Waals surface area contributed by atoms with Gasteiger partial charge in [-0.05, 0) is 43.4 Å². The van der Waals surface area contributed by atoms with Crippen molar-refractivity contribution in [1.82, 2.24) is 9.88 Å². The Kier molecular flexibility index (Phi) is 6.76. The molecule has 9 heteroatoms. The van der Waals surface area contributed by atoms with Gasteiger partial charge in [0, 0.05) is 29.1 Å². The number of ether oxygens (including phenoxy) is 1. The third-order valence-corrected chi connectivity index (χ3v) is 6.88. The Bertz CT molecular complexity index is 1210. The fourth-order valence-corrected chi connectivity index (χ4v) is 4.75. The molecule has 3 amide bonds. The highest BCUT2D eigenvalue weighted by atomic mass is 32.1. The number of amides is 3. The van der Waals surface area contributed by atoms with Gasteiger partial charge in [-0.1, -0.05) is 42.5 Å². The number of nitrogens with zero attached hydrogens (tertiary/aromatic N) is 2. The maximum Gasteiger partial charge on any atom is 0.410 e. The van der Waals surface area contributed by atoms with Crippen molar-refractivity contribution in [3.05, 3.63) is 65.5 Å². The minimum Gasteiger partial charge on any atom is -0.445 e. The largest absolute Gasteiger partial charge is 0.445 e. The van der Waals surface area contributed by atoms with E-state index in [1.54, 1.807) is 0 Å². The Labute approximate surface area is 207 Å². The summed E-state index contributed by atoms with van der Waals surface area (Å²) in [5.41, 5.74) is 3.28. The Morgan fingerprint density at radius 1 is 0.971 bits per heavy atom. The molecule has 0 radical (unpaired) electrons. The maximum absolute atomic E-state index is 12.9. The lowest BCUT2D eigenvalue weighted by molar-refractivity contribution is -0.120. The maximum atomic E-state index is 12.9. The number of anilines is 2. The van der Waals surface area contributed by atoms with Gasteiger partial charge in [0.25, 0.3) is 0 Å². The molecule has 35 heavy (non-hydrogen) atoms. The average Bonchev–Trinajstić information content (AvgIpc) is 3.43. The number of aromatic nitrogens is 1. The van der Waals surface area contributed by atoms with Gasteiger partial charge in [-0.3, -0.25) is 14.5 Å². The first-order chi connectivity index (χ1) is 17.1. The topological polar surface area (TPSA) is 101 Å². The van der Waals surface area contributed by atoms with Gasteiger partial charge < -0.3 is 15.4 Å². The quantitative estimate of drug-likeness (QED) is 0.491. The summed E-state index contributed by atoms with van der Waals surface area (Å²) >= 11 is 1.33. The molecule has 1 saturated carbocycles. The molecule has 180 valence electrons. The summed E-state index contributed by atoms with van der Waals surface area (Å²) in [7, 11) is 0. The van der Waals surface area contributed by atoms with Crippen molar-refractivity contribution in [3.63, 3.8) is 0 Å². The van der Waals surface area contributed by atoms with E-state index in [4.69, 9.17) is 4.74 Å². The molecular weight excluding hydrogens is 464 g/mol. The molecule has 2 fully saturated rings. The summed E-state index contributed by atoms with van der Waals surface area (Å²) in [6, 6.07) is 16.4. The van der Waals surface area contributed by atoms with Crippen LogP contribution in [0.1, 0.15) is 31.2 Å². The predicted molar refractivity (Wildman–Crippen MR) is 134 cm³/mol. The van der Waals surface area contributed by atoms with E-state index in [0.717, 1.165) is 41.8 Å². The zero-order valence-electron chi connectivity index (χ0n) is 19.1. The van der Waals surface area contributed by atoms with E-state index < -0.39 is 12.1 Å². The molecule has 0 bridgehead atoms. The minimum atomic E-state index is -0.583. The predicted octanol–water partition coefficient (Wildman–Crippen LogP) is 4.90. The summed E-state index contributed by atoms with van der Waals surface area (Å²) in [6.07, 6.45) is 2.76. The highest BCUT2D eigenvalue weighted by molar-refractivity contribution is 7.14. The van der Waals surface area contributed by atoms with Crippen LogP contribution in [0.4, 0.5) is 15.6 Å². The molecule has 2 aliphatic rings. The molecule has 1 aliphatic heterocycles. The van der Waals surface area contributed by atoms with E-state index in [1.165, 1.54) is 16.2 Å². The van der Waals surface area contributed by atoms with E-state index in [9.17, 15) is 14.4 Å². The van der Waals surface area contributed by atoms with E-state index in [2.05, 4.69) is 15.6 Å². The van der Waals surface area contributed by atoms with Crippen LogP contribution in [0.15, 0.2) is 60.0 Å². The Balaban J connectivity index is 1.16. The number of benzene rings is 2. The average molecular weight is 491 g/mol. The minimum absolute atomic E-state index is 0.0707. The second-order valence-electron chi connectivity index (χ2n) is 8.76. The Hall–Kier alpha value is -3.72. The molecule has 2 heterocycles. The molecule has 1 aromatic heterocycles. The molecule has 1 saturated heterocycles. The SMILES string of the molecule is O=C(Nc1ccc(-c2csc(NC(=O)[C@H]3CCCN3C(=O)OCc3ccccc3)n2)cc1)C1CC1. The van der Waals surface area contributed by atoms with Crippen LogP contribution in [-0.4, -0.2) is 40.4 Å². The number of rotatable bonds is 7. The van der Waals surface area contributed by atoms with Gasteiger partial charge in [-0.25, -0.2) is 9.78 Å². The summed E-state index contributed by atoms with van der Waals surface area (Å²) < 4.78 is 5.42. The first-order valence-electron chi connectivity index (χ1n) is 11.7. The lowest BCUT2D eigenvalue weighted by atomic mass is 10.1. The van der Waals surface area contributed by atoms with Crippen LogP contribution in [0.5, 0.6) is 0 Å². The van der Waals surface area contributed by atoms with Crippen LogP contribution in [-0.2, 0) is 20.9 Å². The van der Waals surface area contributed by atoms with E-state index in [0.29, 0.717) is 18.1 Å². The fourth-order valence-electron chi connectivity index (χ4n) is 4.03. The monoisotopic (exact) mass is 490 g/mol. The number of likely N-dealkylation sites (tertiary alicyclic amines) is 1. The number of nitrogens with one attached hydrogen (secondary N) is 2. The highest BCUT2D eigenvalue weighted by Gasteiger charge is 2.35. The number of hydrogen-bond acceptors (Lipinski definition) is 6. The highest BCUT2D eigenvalue weighted by Crippen LogP contribution is 2.31. The molecule has 2 N–H and O–H groups in total. The van der Waals surface area contributed by atoms with Crippen molar-refractivity contribution in [2.75, 3.05) is 17.2 Å². The first-order valence-corrected chi connectivity index (χ1v) is 12.6. The van der Waals surface area contributed by atoms with Gasteiger partial charge in [-0.15, -0.1) is 11.3 Å². The number of hydrogen-bond donors (Lipinski definition) is 2. The third kappa shape index (κ3) is 5.68. The summed E-state index contributed by atoms with van der Waals surface area (Å²) in [4.78, 5) is 43.5. The Morgan fingerprint density at radius 3 is 2.49 bits per heavy atom. The second-order valence-corrected chi connectivity index (χ2v) is 9.62. The van der Waals surface area contributed by atoms with Crippen molar-refractivity contribution in [1.29, 1.82) is 0 Å². The van der Waals surface area contributed by atoms with Crippen molar-refractivity contribution in [2.24, 2.45) is 5.92 Å². The fraction of sp³-hybridized carbons (Fsp3) is 0.308. The molecule has 1 atom stereocenters. The molecule has 2 aromatic carbocycles. The first kappa shape index (κ1) is 23.0.